The van der Waals surface area contributed by atoms with Crippen molar-refractivity contribution in [3.63, 3.8) is 0 Å². The highest BCUT2D eigenvalue weighted by Crippen LogP contribution is 2.20. The Bertz CT molecular complexity index is 559. The number of anilines is 2. The number of ether oxygens (including phenoxy) is 1. The molecule has 1 rings (SSSR count). The Labute approximate surface area is 111 Å². The number of aromatic nitrogens is 1. The van der Waals surface area contributed by atoms with E-state index in [-0.39, 0.29) is 36.0 Å². The van der Waals surface area contributed by atoms with Crippen LogP contribution >= 0.6 is 0 Å². The summed E-state index contributed by atoms with van der Waals surface area (Å²) in [6.07, 6.45) is 1.38. The molecule has 0 radical (unpaired) electrons. The molecule has 0 amide bonds. The van der Waals surface area contributed by atoms with Crippen molar-refractivity contribution in [1.29, 1.82) is 0 Å². The second kappa shape index (κ2) is 6.34. The molecule has 1 aromatic rings. The molecule has 5 N–H and O–H groups in total. The molecule has 0 saturated carbocycles. The predicted molar refractivity (Wildman–Crippen MR) is 71.1 cm³/mol. The van der Waals surface area contributed by atoms with Crippen molar-refractivity contribution < 1.29 is 17.9 Å². The molecule has 106 valence electrons. The maximum Gasteiger partial charge on any atom is 0.340 e. The van der Waals surface area contributed by atoms with Gasteiger partial charge in [-0.05, 0) is 13.0 Å². The van der Waals surface area contributed by atoms with Crippen LogP contribution in [0, 0.1) is 0 Å². The third-order valence-electron chi connectivity index (χ3n) is 2.16. The molecule has 0 aromatic carbocycles. The number of carbonyl (C=O) groups excluding carboxylic acids is 1. The predicted octanol–water partition coefficient (Wildman–Crippen LogP) is -0.459. The molecule has 0 bridgehead atoms. The summed E-state index contributed by atoms with van der Waals surface area (Å²) >= 11 is 0. The number of nitrogens with two attached hydrogens (primary N) is 2. The van der Waals surface area contributed by atoms with Crippen molar-refractivity contribution in [1.82, 2.24) is 4.98 Å². The molecule has 0 atom stereocenters. The zero-order valence-electron chi connectivity index (χ0n) is 10.4. The van der Waals surface area contributed by atoms with Crippen LogP contribution in [-0.2, 0) is 14.8 Å². The van der Waals surface area contributed by atoms with Crippen LogP contribution in [0.2, 0.25) is 0 Å². The summed E-state index contributed by atoms with van der Waals surface area (Å²) in [5.41, 5.74) is 6.04. The fourth-order valence-electron chi connectivity index (χ4n) is 1.31. The van der Waals surface area contributed by atoms with Crippen molar-refractivity contribution >= 4 is 27.5 Å². The minimum absolute atomic E-state index is 0.0440. The Kier molecular flexibility index (Phi) is 5.07. The molecule has 9 heteroatoms. The molecule has 0 saturated heterocycles. The molecule has 0 spiro atoms. The van der Waals surface area contributed by atoms with Gasteiger partial charge < -0.3 is 15.8 Å². The van der Waals surface area contributed by atoms with Crippen LogP contribution in [0.4, 0.5) is 11.5 Å². The summed E-state index contributed by atoms with van der Waals surface area (Å²) in [5.74, 6) is -0.608. The number of hydrogen-bond donors (Lipinski definition) is 3. The van der Waals surface area contributed by atoms with Gasteiger partial charge in [0.2, 0.25) is 10.0 Å². The first-order valence-electron chi connectivity index (χ1n) is 5.51. The van der Waals surface area contributed by atoms with E-state index in [0.717, 1.165) is 0 Å². The lowest BCUT2D eigenvalue weighted by molar-refractivity contribution is 0.0527. The zero-order chi connectivity index (χ0) is 14.5. The number of rotatable bonds is 6. The van der Waals surface area contributed by atoms with Crippen LogP contribution in [0.15, 0.2) is 12.3 Å². The van der Waals surface area contributed by atoms with E-state index in [1.165, 1.54) is 12.3 Å². The minimum atomic E-state index is -3.56. The molecule has 0 unspecified atom stereocenters. The van der Waals surface area contributed by atoms with Crippen LogP contribution in [-0.4, -0.2) is 38.3 Å². The van der Waals surface area contributed by atoms with Gasteiger partial charge in [0.15, 0.2) is 0 Å². The molecular formula is C10H16N4O4S. The number of hydrogen-bond acceptors (Lipinski definition) is 7. The first-order chi connectivity index (χ1) is 8.85. The number of carbonyl (C=O) groups is 1. The average Bonchev–Trinajstić information content (AvgIpc) is 2.30. The zero-order valence-corrected chi connectivity index (χ0v) is 11.2. The number of nitrogen functional groups attached to an aromatic ring is 1. The van der Waals surface area contributed by atoms with Gasteiger partial charge in [0.25, 0.3) is 0 Å². The lowest BCUT2D eigenvalue weighted by Gasteiger charge is -2.10. The number of nitrogens with one attached hydrogen (secondary N) is 1. The molecule has 0 aliphatic heterocycles. The Morgan fingerprint density at radius 2 is 2.21 bits per heavy atom. The van der Waals surface area contributed by atoms with Crippen LogP contribution < -0.4 is 16.2 Å². The highest BCUT2D eigenvalue weighted by atomic mass is 32.2. The van der Waals surface area contributed by atoms with Gasteiger partial charge in [-0.2, -0.15) is 0 Å². The van der Waals surface area contributed by atoms with Gasteiger partial charge in [0, 0.05) is 12.7 Å². The minimum Gasteiger partial charge on any atom is -0.462 e. The first-order valence-corrected chi connectivity index (χ1v) is 7.22. The van der Waals surface area contributed by atoms with Crippen LogP contribution in [0.1, 0.15) is 17.3 Å². The Hall–Kier alpha value is -1.87. The van der Waals surface area contributed by atoms with E-state index >= 15 is 0 Å². The Balaban J connectivity index is 2.80. The first kappa shape index (κ1) is 15.2. The number of primary sulfonamides is 1. The van der Waals surface area contributed by atoms with E-state index in [9.17, 15) is 13.2 Å². The second-order valence-corrected chi connectivity index (χ2v) is 5.37. The smallest absolute Gasteiger partial charge is 0.340 e. The van der Waals surface area contributed by atoms with E-state index in [4.69, 9.17) is 15.6 Å². The van der Waals surface area contributed by atoms with Crippen molar-refractivity contribution in [3.8, 4) is 0 Å². The van der Waals surface area contributed by atoms with E-state index < -0.39 is 16.0 Å². The molecule has 0 fully saturated rings. The van der Waals surface area contributed by atoms with Crippen molar-refractivity contribution in [2.75, 3.05) is 30.0 Å². The number of pyridine rings is 1. The highest BCUT2D eigenvalue weighted by molar-refractivity contribution is 7.89. The van der Waals surface area contributed by atoms with Gasteiger partial charge in [-0.1, -0.05) is 0 Å². The van der Waals surface area contributed by atoms with Crippen molar-refractivity contribution in [2.24, 2.45) is 5.14 Å². The summed E-state index contributed by atoms with van der Waals surface area (Å²) in [5, 5.41) is 7.57. The van der Waals surface area contributed by atoms with Gasteiger partial charge >= 0.3 is 5.97 Å². The maximum absolute atomic E-state index is 11.6. The van der Waals surface area contributed by atoms with Gasteiger partial charge in [-0.15, -0.1) is 0 Å². The lowest BCUT2D eigenvalue weighted by atomic mass is 10.2. The largest absolute Gasteiger partial charge is 0.462 e. The number of esters is 1. The summed E-state index contributed by atoms with van der Waals surface area (Å²) in [4.78, 5) is 15.5. The summed E-state index contributed by atoms with van der Waals surface area (Å²) < 4.78 is 26.4. The van der Waals surface area contributed by atoms with E-state index in [1.807, 2.05) is 0 Å². The monoisotopic (exact) mass is 288 g/mol. The normalized spacial score (nSPS) is 11.1. The summed E-state index contributed by atoms with van der Waals surface area (Å²) in [7, 11) is -3.56. The van der Waals surface area contributed by atoms with Crippen molar-refractivity contribution in [2.45, 2.75) is 6.92 Å². The molecule has 0 aliphatic rings. The molecule has 1 aromatic heterocycles. The lowest BCUT2D eigenvalue weighted by Crippen LogP contribution is -2.23. The van der Waals surface area contributed by atoms with Crippen LogP contribution in [0.3, 0.4) is 0 Å². The van der Waals surface area contributed by atoms with E-state index in [0.29, 0.717) is 0 Å². The standard InChI is InChI=1S/C10H16N4O4S/c1-2-18-10(15)7-3-4-13-9(8(7)11)14-5-6-19(12,16)17/h3-4H,2,5-6,11H2,1H3,(H,13,14)(H2,12,16,17). The van der Waals surface area contributed by atoms with Gasteiger partial charge in [0.05, 0.1) is 23.6 Å². The molecule has 8 nitrogen and oxygen atoms in total. The number of nitrogens with zero attached hydrogens (tertiary/aromatic N) is 1. The average molecular weight is 288 g/mol. The molecular weight excluding hydrogens is 272 g/mol. The molecule has 0 aliphatic carbocycles. The SMILES string of the molecule is CCOC(=O)c1ccnc(NCCS(N)(=O)=O)c1N. The molecule has 1 heterocycles. The Morgan fingerprint density at radius 1 is 1.53 bits per heavy atom. The fourth-order valence-corrected chi connectivity index (χ4v) is 1.70. The maximum atomic E-state index is 11.6. The number of sulfonamides is 1. The van der Waals surface area contributed by atoms with Gasteiger partial charge in [0.1, 0.15) is 5.82 Å². The van der Waals surface area contributed by atoms with Crippen molar-refractivity contribution in [3.05, 3.63) is 17.8 Å². The highest BCUT2D eigenvalue weighted by Gasteiger charge is 2.14. The van der Waals surface area contributed by atoms with Gasteiger partial charge in [-0.3, -0.25) is 0 Å². The third kappa shape index (κ3) is 4.72. The topological polar surface area (TPSA) is 137 Å². The Morgan fingerprint density at radius 3 is 2.79 bits per heavy atom. The quantitative estimate of drug-likeness (QED) is 0.602. The van der Waals surface area contributed by atoms with Gasteiger partial charge in [-0.25, -0.2) is 23.3 Å². The summed E-state index contributed by atoms with van der Waals surface area (Å²) in [6, 6.07) is 1.43. The van der Waals surface area contributed by atoms with E-state index in [2.05, 4.69) is 10.3 Å². The fraction of sp³-hybridized carbons (Fsp3) is 0.400. The van der Waals surface area contributed by atoms with Crippen LogP contribution in [0.25, 0.3) is 0 Å². The van der Waals surface area contributed by atoms with E-state index in [1.54, 1.807) is 6.92 Å². The summed E-state index contributed by atoms with van der Waals surface area (Å²) in [6.45, 7) is 1.96. The molecule has 19 heavy (non-hydrogen) atoms. The van der Waals surface area contributed by atoms with Crippen LogP contribution in [0.5, 0.6) is 0 Å². The second-order valence-electron chi connectivity index (χ2n) is 3.64. The third-order valence-corrected chi connectivity index (χ3v) is 2.94.